The molecule has 0 radical (unpaired) electrons. The van der Waals surface area contributed by atoms with Crippen LogP contribution in [0.1, 0.15) is 25.7 Å². The van der Waals surface area contributed by atoms with Gasteiger partial charge in [-0.1, -0.05) is 23.7 Å². The average molecular weight is 503 g/mol. The van der Waals surface area contributed by atoms with Crippen LogP contribution in [0.2, 0.25) is 5.02 Å². The van der Waals surface area contributed by atoms with E-state index in [1.165, 1.54) is 25.0 Å². The molecule has 2 aliphatic heterocycles. The van der Waals surface area contributed by atoms with Crippen LogP contribution in [0, 0.1) is 11.7 Å². The number of anilines is 1. The highest BCUT2D eigenvalue weighted by molar-refractivity contribution is 6.30. The van der Waals surface area contributed by atoms with Gasteiger partial charge in [0.05, 0.1) is 12.3 Å². The number of hydrogen-bond acceptors (Lipinski definition) is 4. The van der Waals surface area contributed by atoms with E-state index < -0.39 is 24.1 Å². The first-order valence-electron chi connectivity index (χ1n) is 10.6. The molecule has 2 unspecified atom stereocenters. The van der Waals surface area contributed by atoms with Crippen LogP contribution in [0.5, 0.6) is 0 Å². The van der Waals surface area contributed by atoms with Gasteiger partial charge in [-0.3, -0.25) is 5.32 Å². The number of benzene rings is 2. The maximum Gasteiger partial charge on any atom is 0.490 e. The van der Waals surface area contributed by atoms with Crippen molar-refractivity contribution >= 4 is 29.4 Å². The minimum Gasteiger partial charge on any atom is -0.475 e. The molecule has 184 valence electrons. The predicted octanol–water partition coefficient (Wildman–Crippen LogP) is 5.86. The maximum atomic E-state index is 13.7. The van der Waals surface area contributed by atoms with Crippen LogP contribution in [0.15, 0.2) is 42.5 Å². The summed E-state index contributed by atoms with van der Waals surface area (Å²) in [7, 11) is 0. The lowest BCUT2D eigenvalue weighted by Crippen LogP contribution is -2.39. The molecule has 2 heterocycles. The SMILES string of the molecule is O=C(Nc1cc(F)ccc1-c1cccc(Cl)c1)OCC1CC2CCC(C1)N2.O=C(O)C(F)(F)F. The van der Waals surface area contributed by atoms with Crippen molar-refractivity contribution < 1.29 is 37.0 Å². The summed E-state index contributed by atoms with van der Waals surface area (Å²) in [6.45, 7) is 0.391. The van der Waals surface area contributed by atoms with Crippen molar-refractivity contribution in [2.75, 3.05) is 11.9 Å². The Bertz CT molecular complexity index is 1020. The van der Waals surface area contributed by atoms with E-state index in [2.05, 4.69) is 10.6 Å². The number of aliphatic carboxylic acids is 1. The molecule has 2 saturated heterocycles. The number of carboxylic acids is 1. The number of ether oxygens (including phenoxy) is 1. The normalized spacial score (nSPS) is 21.3. The zero-order valence-corrected chi connectivity index (χ0v) is 18.6. The summed E-state index contributed by atoms with van der Waals surface area (Å²) in [5.74, 6) is -2.80. The van der Waals surface area contributed by atoms with E-state index >= 15 is 0 Å². The zero-order chi connectivity index (χ0) is 24.9. The smallest absolute Gasteiger partial charge is 0.475 e. The van der Waals surface area contributed by atoms with Gasteiger partial charge in [-0.2, -0.15) is 13.2 Å². The van der Waals surface area contributed by atoms with E-state index in [9.17, 15) is 22.4 Å². The fourth-order valence-electron chi connectivity index (χ4n) is 4.18. The second-order valence-electron chi connectivity index (χ2n) is 8.20. The topological polar surface area (TPSA) is 87.7 Å². The fourth-order valence-corrected chi connectivity index (χ4v) is 4.37. The molecule has 2 atom stereocenters. The van der Waals surface area contributed by atoms with Crippen LogP contribution in [-0.4, -0.2) is 42.0 Å². The van der Waals surface area contributed by atoms with Gasteiger partial charge in [-0.05, 0) is 67.5 Å². The predicted molar refractivity (Wildman–Crippen MR) is 118 cm³/mol. The van der Waals surface area contributed by atoms with Gasteiger partial charge >= 0.3 is 18.2 Å². The number of carbonyl (C=O) groups excluding carboxylic acids is 1. The molecule has 3 N–H and O–H groups in total. The molecule has 2 aromatic carbocycles. The first kappa shape index (κ1) is 25.8. The van der Waals surface area contributed by atoms with Crippen LogP contribution in [0.25, 0.3) is 11.1 Å². The Morgan fingerprint density at radius 2 is 1.76 bits per heavy atom. The highest BCUT2D eigenvalue weighted by atomic mass is 35.5. The summed E-state index contributed by atoms with van der Waals surface area (Å²) in [6, 6.07) is 12.6. The maximum absolute atomic E-state index is 13.7. The molecule has 4 rings (SSSR count). The average Bonchev–Trinajstić information content (AvgIpc) is 3.10. The molecular formula is C23H23ClF4N2O4. The third kappa shape index (κ3) is 7.33. The molecule has 1 amide bonds. The largest absolute Gasteiger partial charge is 0.490 e. The molecule has 2 fully saturated rings. The quantitative estimate of drug-likeness (QED) is 0.456. The van der Waals surface area contributed by atoms with E-state index in [4.69, 9.17) is 26.2 Å². The molecule has 0 aliphatic carbocycles. The number of piperidine rings is 1. The van der Waals surface area contributed by atoms with Crippen molar-refractivity contribution in [1.29, 1.82) is 0 Å². The van der Waals surface area contributed by atoms with Crippen molar-refractivity contribution in [2.24, 2.45) is 5.92 Å². The number of alkyl halides is 3. The second-order valence-corrected chi connectivity index (χ2v) is 8.64. The fraction of sp³-hybridized carbons (Fsp3) is 0.391. The number of halogens is 5. The Labute approximate surface area is 198 Å². The molecule has 2 aromatic rings. The van der Waals surface area contributed by atoms with E-state index in [-0.39, 0.29) is 0 Å². The molecule has 0 spiro atoms. The summed E-state index contributed by atoms with van der Waals surface area (Å²) in [6.07, 6.45) is -1.15. The standard InChI is InChI=1S/C21H22ClFN2O2.C2HF3O2/c22-15-3-1-2-14(10-15)19-7-4-16(23)11-20(19)25-21(26)27-12-13-8-17-5-6-18(9-13)24-17;3-2(4,5)1(6)7/h1-4,7,10-11,13,17-18,24H,5-6,8-9,12H2,(H,25,26);(H,6,7). The first-order valence-corrected chi connectivity index (χ1v) is 10.9. The Morgan fingerprint density at radius 1 is 1.12 bits per heavy atom. The first-order chi connectivity index (χ1) is 16.0. The van der Waals surface area contributed by atoms with E-state index in [1.807, 2.05) is 12.1 Å². The van der Waals surface area contributed by atoms with Crippen molar-refractivity contribution in [3.05, 3.63) is 53.3 Å². The van der Waals surface area contributed by atoms with Crippen LogP contribution < -0.4 is 10.6 Å². The summed E-state index contributed by atoms with van der Waals surface area (Å²) < 4.78 is 50.9. The van der Waals surface area contributed by atoms with Gasteiger partial charge in [0.25, 0.3) is 0 Å². The minimum absolute atomic E-state index is 0.368. The molecule has 11 heteroatoms. The zero-order valence-electron chi connectivity index (χ0n) is 17.9. The molecule has 2 bridgehead atoms. The molecule has 0 saturated carbocycles. The summed E-state index contributed by atoms with van der Waals surface area (Å²) in [5, 5.41) is 14.0. The van der Waals surface area contributed by atoms with Gasteiger partial charge in [0.2, 0.25) is 0 Å². The number of rotatable bonds is 4. The van der Waals surface area contributed by atoms with E-state index in [0.717, 1.165) is 18.4 Å². The third-order valence-corrected chi connectivity index (χ3v) is 5.85. The van der Waals surface area contributed by atoms with Crippen molar-refractivity contribution in [3.63, 3.8) is 0 Å². The van der Waals surface area contributed by atoms with Crippen LogP contribution in [0.4, 0.5) is 28.0 Å². The second kappa shape index (κ2) is 11.1. The van der Waals surface area contributed by atoms with Crippen LogP contribution in [0.3, 0.4) is 0 Å². The number of nitrogens with one attached hydrogen (secondary N) is 2. The monoisotopic (exact) mass is 502 g/mol. The minimum atomic E-state index is -5.08. The molecule has 0 aromatic heterocycles. The van der Waals surface area contributed by atoms with Gasteiger partial charge in [-0.15, -0.1) is 0 Å². The molecule has 2 aliphatic rings. The van der Waals surface area contributed by atoms with Gasteiger partial charge in [-0.25, -0.2) is 14.0 Å². The van der Waals surface area contributed by atoms with E-state index in [0.29, 0.717) is 40.9 Å². The van der Waals surface area contributed by atoms with E-state index in [1.54, 1.807) is 18.2 Å². The van der Waals surface area contributed by atoms with Crippen molar-refractivity contribution in [1.82, 2.24) is 5.32 Å². The van der Waals surface area contributed by atoms with Gasteiger partial charge in [0.1, 0.15) is 5.82 Å². The van der Waals surface area contributed by atoms with Crippen molar-refractivity contribution in [2.45, 2.75) is 43.9 Å². The molecule has 34 heavy (non-hydrogen) atoms. The molecular weight excluding hydrogens is 480 g/mol. The summed E-state index contributed by atoms with van der Waals surface area (Å²) in [4.78, 5) is 21.2. The van der Waals surface area contributed by atoms with Gasteiger partial charge < -0.3 is 15.2 Å². The Balaban J connectivity index is 0.000000406. The number of fused-ring (bicyclic) bond motifs is 2. The molecule has 6 nitrogen and oxygen atoms in total. The highest BCUT2D eigenvalue weighted by Crippen LogP contribution is 2.32. The number of carboxylic acid groups (broad SMARTS) is 1. The Morgan fingerprint density at radius 3 is 2.35 bits per heavy atom. The number of hydrogen-bond donors (Lipinski definition) is 3. The number of carbonyl (C=O) groups is 2. The van der Waals surface area contributed by atoms with Gasteiger partial charge in [0, 0.05) is 22.7 Å². The highest BCUT2D eigenvalue weighted by Gasteiger charge is 2.38. The lowest BCUT2D eigenvalue weighted by atomic mass is 9.93. The number of amides is 1. The lowest BCUT2D eigenvalue weighted by Gasteiger charge is -2.28. The Hall–Kier alpha value is -2.85. The van der Waals surface area contributed by atoms with Crippen molar-refractivity contribution in [3.8, 4) is 11.1 Å². The summed E-state index contributed by atoms with van der Waals surface area (Å²) >= 11 is 6.06. The Kier molecular flexibility index (Phi) is 8.37. The van der Waals surface area contributed by atoms with Crippen LogP contribution in [-0.2, 0) is 9.53 Å². The van der Waals surface area contributed by atoms with Crippen LogP contribution >= 0.6 is 11.6 Å². The summed E-state index contributed by atoms with van der Waals surface area (Å²) in [5.41, 5.74) is 1.86. The third-order valence-electron chi connectivity index (χ3n) is 5.62. The van der Waals surface area contributed by atoms with Gasteiger partial charge in [0.15, 0.2) is 0 Å². The lowest BCUT2D eigenvalue weighted by molar-refractivity contribution is -0.192.